The largest absolute Gasteiger partial charge is 0.449 e. The van der Waals surface area contributed by atoms with Crippen LogP contribution in [0.5, 0.6) is 0 Å². The first-order valence-corrected chi connectivity index (χ1v) is 8.61. The zero-order chi connectivity index (χ0) is 20.7. The molecule has 0 saturated carbocycles. The number of amides is 1. The molecule has 1 atom stereocenters. The number of carbonyl (C=O) groups excluding carboxylic acids is 2. The van der Waals surface area contributed by atoms with E-state index < -0.39 is 22.9 Å². The number of nitro groups is 1. The molecule has 2 aromatic rings. The number of hydrogen-bond acceptors (Lipinski definition) is 6. The summed E-state index contributed by atoms with van der Waals surface area (Å²) in [7, 11) is 0. The van der Waals surface area contributed by atoms with Crippen LogP contribution in [0.25, 0.3) is 0 Å². The molecule has 0 aliphatic rings. The molecule has 2 rings (SSSR count). The van der Waals surface area contributed by atoms with E-state index in [-0.39, 0.29) is 29.2 Å². The third kappa shape index (κ3) is 5.05. The Balaban J connectivity index is 2.20. The fourth-order valence-corrected chi connectivity index (χ4v) is 2.61. The average Bonchev–Trinajstić information content (AvgIpc) is 2.68. The molecule has 2 aromatic carbocycles. The van der Waals surface area contributed by atoms with E-state index >= 15 is 0 Å². The number of esters is 1. The van der Waals surface area contributed by atoms with Gasteiger partial charge in [0.25, 0.3) is 11.6 Å². The zero-order valence-corrected chi connectivity index (χ0v) is 15.6. The molecular formula is C19H16ClN3O5. The molecule has 0 unspecified atom stereocenters. The van der Waals surface area contributed by atoms with Gasteiger partial charge in [-0.3, -0.25) is 14.9 Å². The van der Waals surface area contributed by atoms with Crippen LogP contribution in [-0.4, -0.2) is 29.4 Å². The number of nitrogens with zero attached hydrogens (tertiary/aromatic N) is 3. The molecule has 0 saturated heterocycles. The highest BCUT2D eigenvalue weighted by Crippen LogP contribution is 2.24. The van der Waals surface area contributed by atoms with E-state index in [0.29, 0.717) is 5.69 Å². The molecule has 144 valence electrons. The van der Waals surface area contributed by atoms with E-state index in [2.05, 4.69) is 0 Å². The third-order valence-corrected chi connectivity index (χ3v) is 4.12. The van der Waals surface area contributed by atoms with Gasteiger partial charge in [-0.2, -0.15) is 5.26 Å². The molecule has 0 heterocycles. The maximum atomic E-state index is 12.8. The predicted octanol–water partition coefficient (Wildman–Crippen LogP) is 3.74. The van der Waals surface area contributed by atoms with Gasteiger partial charge in [0.2, 0.25) is 0 Å². The predicted molar refractivity (Wildman–Crippen MR) is 102 cm³/mol. The molecule has 0 aliphatic carbocycles. The smallest absolute Gasteiger partial charge is 0.340 e. The summed E-state index contributed by atoms with van der Waals surface area (Å²) in [6.45, 7) is 1.51. The van der Waals surface area contributed by atoms with Gasteiger partial charge < -0.3 is 9.64 Å². The molecule has 0 bridgehead atoms. The number of hydrogen-bond donors (Lipinski definition) is 0. The van der Waals surface area contributed by atoms with Crippen molar-refractivity contribution in [2.24, 2.45) is 0 Å². The summed E-state index contributed by atoms with van der Waals surface area (Å²) in [5.41, 5.74) is 0.0214. The third-order valence-electron chi connectivity index (χ3n) is 3.79. The Labute approximate surface area is 166 Å². The molecular weight excluding hydrogens is 386 g/mol. The van der Waals surface area contributed by atoms with Gasteiger partial charge >= 0.3 is 5.97 Å². The molecule has 9 heteroatoms. The highest BCUT2D eigenvalue weighted by molar-refractivity contribution is 6.33. The minimum Gasteiger partial charge on any atom is -0.449 e. The minimum atomic E-state index is -1.19. The Morgan fingerprint density at radius 2 is 1.96 bits per heavy atom. The van der Waals surface area contributed by atoms with E-state index in [1.807, 2.05) is 6.07 Å². The van der Waals surface area contributed by atoms with Crippen molar-refractivity contribution in [1.82, 2.24) is 0 Å². The van der Waals surface area contributed by atoms with Crippen LogP contribution in [0.1, 0.15) is 23.7 Å². The quantitative estimate of drug-likeness (QED) is 0.396. The van der Waals surface area contributed by atoms with E-state index in [1.54, 1.807) is 30.3 Å². The number of nitriles is 1. The van der Waals surface area contributed by atoms with Crippen molar-refractivity contribution < 1.29 is 19.2 Å². The Bertz CT molecular complexity index is 927. The second-order valence-corrected chi connectivity index (χ2v) is 6.11. The van der Waals surface area contributed by atoms with E-state index in [0.717, 1.165) is 12.1 Å². The first-order valence-electron chi connectivity index (χ1n) is 8.23. The van der Waals surface area contributed by atoms with Gasteiger partial charge in [-0.05, 0) is 25.1 Å². The lowest BCUT2D eigenvalue weighted by Gasteiger charge is -2.25. The standard InChI is InChI=1S/C19H16ClN3O5/c1-13(18(24)22(11-5-10-21)14-6-3-2-4-7-14)28-19(25)16-12-15(23(26)27)8-9-17(16)20/h2-4,6-9,12-13H,5,11H2,1H3/t13-/m0/s1. The lowest BCUT2D eigenvalue weighted by Crippen LogP contribution is -2.40. The first-order chi connectivity index (χ1) is 13.3. The second-order valence-electron chi connectivity index (χ2n) is 5.70. The van der Waals surface area contributed by atoms with Crippen LogP contribution in [0.15, 0.2) is 48.5 Å². The van der Waals surface area contributed by atoms with Gasteiger partial charge in [0.1, 0.15) is 0 Å². The molecule has 0 N–H and O–H groups in total. The summed E-state index contributed by atoms with van der Waals surface area (Å²) in [6, 6.07) is 14.0. The highest BCUT2D eigenvalue weighted by atomic mass is 35.5. The summed E-state index contributed by atoms with van der Waals surface area (Å²) >= 11 is 5.93. The number of rotatable bonds is 7. The van der Waals surface area contributed by atoms with Crippen molar-refractivity contribution >= 4 is 34.9 Å². The lowest BCUT2D eigenvalue weighted by atomic mass is 10.2. The highest BCUT2D eigenvalue weighted by Gasteiger charge is 2.27. The molecule has 1 amide bonds. The average molecular weight is 402 g/mol. The van der Waals surface area contributed by atoms with Crippen molar-refractivity contribution in [2.75, 3.05) is 11.4 Å². The van der Waals surface area contributed by atoms with Crippen LogP contribution in [0.2, 0.25) is 5.02 Å². The van der Waals surface area contributed by atoms with E-state index in [1.165, 1.54) is 17.9 Å². The maximum Gasteiger partial charge on any atom is 0.340 e. The fraction of sp³-hybridized carbons (Fsp3) is 0.211. The topological polar surface area (TPSA) is 114 Å². The molecule has 0 radical (unpaired) electrons. The molecule has 0 spiro atoms. The van der Waals surface area contributed by atoms with E-state index in [4.69, 9.17) is 21.6 Å². The van der Waals surface area contributed by atoms with Crippen molar-refractivity contribution in [3.8, 4) is 6.07 Å². The Hall–Kier alpha value is -3.44. The summed E-state index contributed by atoms with van der Waals surface area (Å²) in [5, 5.41) is 19.7. The lowest BCUT2D eigenvalue weighted by molar-refractivity contribution is -0.384. The SMILES string of the molecule is C[C@H](OC(=O)c1cc([N+](=O)[O-])ccc1Cl)C(=O)N(CCC#N)c1ccccc1. The van der Waals surface area contributed by atoms with Gasteiger partial charge in [0.05, 0.1) is 28.0 Å². The van der Waals surface area contributed by atoms with Crippen LogP contribution in [0.3, 0.4) is 0 Å². The van der Waals surface area contributed by atoms with Crippen LogP contribution in [0.4, 0.5) is 11.4 Å². The maximum absolute atomic E-state index is 12.8. The molecule has 28 heavy (non-hydrogen) atoms. The molecule has 0 aliphatic heterocycles. The molecule has 0 fully saturated rings. The van der Waals surface area contributed by atoms with Crippen LogP contribution < -0.4 is 4.90 Å². The number of halogens is 1. The summed E-state index contributed by atoms with van der Waals surface area (Å²) in [5.74, 6) is -1.49. The number of non-ortho nitro benzene ring substituents is 1. The number of nitro benzene ring substituents is 1. The van der Waals surface area contributed by atoms with Gasteiger partial charge in [-0.25, -0.2) is 4.79 Å². The first kappa shape index (κ1) is 20.9. The van der Waals surface area contributed by atoms with Crippen LogP contribution in [-0.2, 0) is 9.53 Å². The number of anilines is 1. The summed E-state index contributed by atoms with van der Waals surface area (Å²) < 4.78 is 5.18. The van der Waals surface area contributed by atoms with Crippen molar-refractivity contribution in [2.45, 2.75) is 19.4 Å². The zero-order valence-electron chi connectivity index (χ0n) is 14.9. The van der Waals surface area contributed by atoms with Gasteiger partial charge in [-0.15, -0.1) is 0 Å². The normalized spacial score (nSPS) is 11.2. The summed E-state index contributed by atoms with van der Waals surface area (Å²) in [4.78, 5) is 36.7. The number of benzene rings is 2. The van der Waals surface area contributed by atoms with Gasteiger partial charge in [0, 0.05) is 24.4 Å². The minimum absolute atomic E-state index is 0.0281. The van der Waals surface area contributed by atoms with Crippen molar-refractivity contribution in [3.63, 3.8) is 0 Å². The summed E-state index contributed by atoms with van der Waals surface area (Å²) in [6.07, 6.45) is -1.10. The fourth-order valence-electron chi connectivity index (χ4n) is 2.41. The van der Waals surface area contributed by atoms with Crippen LogP contribution in [0, 0.1) is 21.4 Å². The number of para-hydroxylation sites is 1. The van der Waals surface area contributed by atoms with E-state index in [9.17, 15) is 19.7 Å². The Morgan fingerprint density at radius 3 is 2.57 bits per heavy atom. The van der Waals surface area contributed by atoms with Crippen molar-refractivity contribution in [3.05, 3.63) is 69.2 Å². The Kier molecular flexibility index (Phi) is 7.07. The molecule has 0 aromatic heterocycles. The monoisotopic (exact) mass is 401 g/mol. The number of carbonyl (C=O) groups is 2. The Morgan fingerprint density at radius 1 is 1.29 bits per heavy atom. The van der Waals surface area contributed by atoms with Crippen molar-refractivity contribution in [1.29, 1.82) is 5.26 Å². The number of ether oxygens (including phenoxy) is 1. The van der Waals surface area contributed by atoms with Crippen LogP contribution >= 0.6 is 11.6 Å². The second kappa shape index (κ2) is 9.48. The molecule has 8 nitrogen and oxygen atoms in total. The van der Waals surface area contributed by atoms with Gasteiger partial charge in [0.15, 0.2) is 6.10 Å². The van der Waals surface area contributed by atoms with Gasteiger partial charge in [-0.1, -0.05) is 29.8 Å².